The predicted octanol–water partition coefficient (Wildman–Crippen LogP) is 14.1. The molecule has 4 aromatic heterocycles. The molecular formula is C50H30N4O2. The molecule has 0 saturated carbocycles. The number of anilines is 6. The SMILES string of the molecule is c1ccc(N(c2ccc3ccc4c(N(c5ccccc5)c5cccc6c5oc5ncccc56)ccc5ccc2c3c54)c2cccc3c2oc2ncccc23)cc1. The van der Waals surface area contributed by atoms with Crippen molar-refractivity contribution in [3.63, 3.8) is 0 Å². The average molecular weight is 719 g/mol. The predicted molar refractivity (Wildman–Crippen MR) is 230 cm³/mol. The van der Waals surface area contributed by atoms with Crippen molar-refractivity contribution >= 4 is 111 Å². The van der Waals surface area contributed by atoms with Gasteiger partial charge in [0.05, 0.1) is 22.7 Å². The summed E-state index contributed by atoms with van der Waals surface area (Å²) in [4.78, 5) is 13.8. The first-order chi connectivity index (χ1) is 27.8. The van der Waals surface area contributed by atoms with Crippen LogP contribution < -0.4 is 9.80 Å². The Hall–Kier alpha value is -7.70. The first-order valence-electron chi connectivity index (χ1n) is 18.7. The Morgan fingerprint density at radius 3 is 1.21 bits per heavy atom. The number of hydrogen-bond donors (Lipinski definition) is 0. The summed E-state index contributed by atoms with van der Waals surface area (Å²) in [5.41, 5.74) is 8.94. The lowest BCUT2D eigenvalue weighted by Crippen LogP contribution is -2.11. The Morgan fingerprint density at radius 1 is 0.321 bits per heavy atom. The smallest absolute Gasteiger partial charge is 0.227 e. The highest BCUT2D eigenvalue weighted by molar-refractivity contribution is 6.28. The largest absolute Gasteiger partial charge is 0.435 e. The van der Waals surface area contributed by atoms with Gasteiger partial charge in [-0.2, -0.15) is 0 Å². The maximum Gasteiger partial charge on any atom is 0.227 e. The Kier molecular flexibility index (Phi) is 6.53. The molecule has 56 heavy (non-hydrogen) atoms. The van der Waals surface area contributed by atoms with Crippen LogP contribution in [0.1, 0.15) is 0 Å². The molecule has 12 aromatic rings. The summed E-state index contributed by atoms with van der Waals surface area (Å²) in [7, 11) is 0. The zero-order valence-electron chi connectivity index (χ0n) is 29.9. The van der Waals surface area contributed by atoms with Crippen LogP contribution in [-0.4, -0.2) is 9.97 Å². The first kappa shape index (κ1) is 30.7. The second kappa shape index (κ2) is 11.9. The van der Waals surface area contributed by atoms with Crippen molar-refractivity contribution in [3.05, 3.63) is 182 Å². The second-order valence-corrected chi connectivity index (χ2v) is 14.2. The molecule has 0 bridgehead atoms. The number of pyridine rings is 2. The van der Waals surface area contributed by atoms with Crippen LogP contribution in [0.25, 0.3) is 76.5 Å². The van der Waals surface area contributed by atoms with Crippen molar-refractivity contribution in [2.45, 2.75) is 0 Å². The zero-order chi connectivity index (χ0) is 36.7. The molecular weight excluding hydrogens is 689 g/mol. The third-order valence-electron chi connectivity index (χ3n) is 11.1. The van der Waals surface area contributed by atoms with Crippen molar-refractivity contribution in [3.8, 4) is 0 Å². The standard InChI is InChI=1S/C50H30N4O2/c1-3-11-33(12-4-1)53(43-19-7-15-35-37-17-9-29-51-49(37)55-47(35)43)41-27-23-31-22-26-40-42(28-24-32-21-25-39(41)45(31)46(32)40)54(34-13-5-2-6-14-34)44-20-8-16-36-38-18-10-30-52-50(38)56-48(36)44/h1-30H. The summed E-state index contributed by atoms with van der Waals surface area (Å²) in [5.74, 6) is 0. The Morgan fingerprint density at radius 2 is 0.750 bits per heavy atom. The lowest BCUT2D eigenvalue weighted by Gasteiger charge is -2.29. The fourth-order valence-electron chi connectivity index (χ4n) is 8.72. The topological polar surface area (TPSA) is 58.5 Å². The molecule has 0 radical (unpaired) electrons. The monoisotopic (exact) mass is 718 g/mol. The Labute approximate surface area is 320 Å². The van der Waals surface area contributed by atoms with E-state index in [1.165, 1.54) is 21.5 Å². The quantitative estimate of drug-likeness (QED) is 0.160. The van der Waals surface area contributed by atoms with Crippen LogP contribution >= 0.6 is 0 Å². The van der Waals surface area contributed by atoms with Crippen LogP contribution in [0.2, 0.25) is 0 Å². The van der Waals surface area contributed by atoms with Crippen LogP contribution in [0.5, 0.6) is 0 Å². The maximum atomic E-state index is 6.54. The van der Waals surface area contributed by atoms with E-state index in [-0.39, 0.29) is 0 Å². The van der Waals surface area contributed by atoms with Crippen LogP contribution in [0.3, 0.4) is 0 Å². The summed E-state index contributed by atoms with van der Waals surface area (Å²) >= 11 is 0. The van der Waals surface area contributed by atoms with Gasteiger partial charge in [-0.1, -0.05) is 97.1 Å². The number of fused-ring (bicyclic) bond motifs is 6. The van der Waals surface area contributed by atoms with Crippen molar-refractivity contribution in [1.82, 2.24) is 9.97 Å². The van der Waals surface area contributed by atoms with Gasteiger partial charge < -0.3 is 18.6 Å². The third kappa shape index (κ3) is 4.44. The molecule has 0 unspecified atom stereocenters. The molecule has 6 nitrogen and oxygen atoms in total. The van der Waals surface area contributed by atoms with Crippen LogP contribution in [0, 0.1) is 0 Å². The van der Waals surface area contributed by atoms with E-state index in [4.69, 9.17) is 8.83 Å². The third-order valence-corrected chi connectivity index (χ3v) is 11.1. The lowest BCUT2D eigenvalue weighted by molar-refractivity contribution is 0.654. The van der Waals surface area contributed by atoms with Gasteiger partial charge in [0.2, 0.25) is 11.4 Å². The number of rotatable bonds is 6. The fraction of sp³-hybridized carbons (Fsp3) is 0. The van der Waals surface area contributed by atoms with Gasteiger partial charge in [-0.25, -0.2) is 9.97 Å². The van der Waals surface area contributed by atoms with Gasteiger partial charge in [-0.05, 0) is 94.3 Å². The van der Waals surface area contributed by atoms with E-state index in [1.54, 1.807) is 12.4 Å². The van der Waals surface area contributed by atoms with Gasteiger partial charge in [0, 0.05) is 56.1 Å². The van der Waals surface area contributed by atoms with Gasteiger partial charge in [0.25, 0.3) is 0 Å². The normalized spacial score (nSPS) is 11.9. The van der Waals surface area contributed by atoms with E-state index < -0.39 is 0 Å². The van der Waals surface area contributed by atoms with Crippen LogP contribution in [0.15, 0.2) is 191 Å². The van der Waals surface area contributed by atoms with E-state index in [0.717, 1.165) is 77.6 Å². The van der Waals surface area contributed by atoms with E-state index in [1.807, 2.05) is 12.1 Å². The molecule has 0 atom stereocenters. The first-order valence-corrected chi connectivity index (χ1v) is 18.7. The molecule has 12 rings (SSSR count). The van der Waals surface area contributed by atoms with E-state index in [0.29, 0.717) is 11.4 Å². The number of nitrogens with zero attached hydrogens (tertiary/aromatic N) is 4. The molecule has 0 amide bonds. The van der Waals surface area contributed by atoms with Gasteiger partial charge in [0.1, 0.15) is 0 Å². The van der Waals surface area contributed by atoms with E-state index in [2.05, 4.69) is 177 Å². The minimum atomic E-state index is 0.628. The second-order valence-electron chi connectivity index (χ2n) is 14.2. The van der Waals surface area contributed by atoms with Crippen molar-refractivity contribution in [1.29, 1.82) is 0 Å². The van der Waals surface area contributed by atoms with E-state index >= 15 is 0 Å². The molecule has 0 aliphatic carbocycles. The molecule has 262 valence electrons. The van der Waals surface area contributed by atoms with Gasteiger partial charge in [-0.3, -0.25) is 0 Å². The number of furan rings is 2. The molecule has 6 heteroatoms. The van der Waals surface area contributed by atoms with Crippen LogP contribution in [0.4, 0.5) is 34.1 Å². The van der Waals surface area contributed by atoms with Gasteiger partial charge in [-0.15, -0.1) is 0 Å². The van der Waals surface area contributed by atoms with Gasteiger partial charge in [0.15, 0.2) is 11.2 Å². The molecule has 0 aliphatic heterocycles. The molecule has 8 aromatic carbocycles. The lowest BCUT2D eigenvalue weighted by atomic mass is 9.91. The number of aromatic nitrogens is 2. The highest BCUT2D eigenvalue weighted by Gasteiger charge is 2.25. The summed E-state index contributed by atoms with van der Waals surface area (Å²) < 4.78 is 13.1. The van der Waals surface area contributed by atoms with Crippen molar-refractivity contribution in [2.24, 2.45) is 0 Å². The molecule has 0 aliphatic rings. The highest BCUT2D eigenvalue weighted by Crippen LogP contribution is 2.50. The average Bonchev–Trinajstić information content (AvgIpc) is 3.84. The summed E-state index contributed by atoms with van der Waals surface area (Å²) in [6, 6.07) is 59.9. The number of hydrogen-bond acceptors (Lipinski definition) is 6. The fourth-order valence-corrected chi connectivity index (χ4v) is 8.72. The molecule has 0 N–H and O–H groups in total. The molecule has 0 fully saturated rings. The highest BCUT2D eigenvalue weighted by atomic mass is 16.3. The molecule has 4 heterocycles. The summed E-state index contributed by atoms with van der Waals surface area (Å²) in [6.07, 6.45) is 3.56. The van der Waals surface area contributed by atoms with Crippen molar-refractivity contribution in [2.75, 3.05) is 9.80 Å². The minimum Gasteiger partial charge on any atom is -0.435 e. The summed E-state index contributed by atoms with van der Waals surface area (Å²) in [6.45, 7) is 0. The van der Waals surface area contributed by atoms with Gasteiger partial charge >= 0.3 is 0 Å². The molecule has 0 saturated heterocycles. The van der Waals surface area contributed by atoms with Crippen molar-refractivity contribution < 1.29 is 8.83 Å². The van der Waals surface area contributed by atoms with Crippen LogP contribution in [-0.2, 0) is 0 Å². The summed E-state index contributed by atoms with van der Waals surface area (Å²) in [5, 5.41) is 11.1. The number of benzene rings is 8. The Bertz CT molecular complexity index is 3210. The molecule has 0 spiro atoms. The number of para-hydroxylation sites is 4. The Balaban J connectivity index is 1.13. The minimum absolute atomic E-state index is 0.628. The maximum absolute atomic E-state index is 6.54. The van der Waals surface area contributed by atoms with E-state index in [9.17, 15) is 0 Å². The zero-order valence-corrected chi connectivity index (χ0v) is 29.9.